The minimum Gasteiger partial charge on any atom is -0.208 e. The Morgan fingerprint density at radius 2 is 0.485 bits per heavy atom. The summed E-state index contributed by atoms with van der Waals surface area (Å²) < 4.78 is 0. The van der Waals surface area contributed by atoms with E-state index in [0.29, 0.717) is 17.5 Å². The van der Waals surface area contributed by atoms with Gasteiger partial charge >= 0.3 is 0 Å². The van der Waals surface area contributed by atoms with Crippen LogP contribution < -0.4 is 0 Å². The monoisotopic (exact) mass is 839 g/mol. The molecule has 1 aromatic heterocycles. The Bertz CT molecular complexity index is 3690. The third kappa shape index (κ3) is 7.29. The normalized spacial score (nSPS) is 11.3. The molecule has 0 unspecified atom stereocenters. The van der Waals surface area contributed by atoms with E-state index in [4.69, 9.17) is 15.0 Å². The fraction of sp³-hybridized carbons (Fsp3) is 0. The predicted molar refractivity (Wildman–Crippen MR) is 276 cm³/mol. The molecule has 0 radical (unpaired) electrons. The van der Waals surface area contributed by atoms with Gasteiger partial charge in [0.25, 0.3) is 0 Å². The van der Waals surface area contributed by atoms with Crippen LogP contribution in [0.4, 0.5) is 0 Å². The van der Waals surface area contributed by atoms with Crippen LogP contribution >= 0.6 is 0 Å². The summed E-state index contributed by atoms with van der Waals surface area (Å²) in [4.78, 5) is 15.7. The highest BCUT2D eigenvalue weighted by Crippen LogP contribution is 2.43. The van der Waals surface area contributed by atoms with Crippen molar-refractivity contribution in [2.24, 2.45) is 0 Å². The molecule has 0 atom stereocenters. The molecule has 0 N–H and O–H groups in total. The number of hydrogen-bond acceptors (Lipinski definition) is 3. The SMILES string of the molecule is c1ccc(-c2cccc(-c3cccc(-c4cccc(-c5cccc(-c6cc(-c7nc(-c8ccccc8)nc(-c8ccccc8)n7)c7c8ccccc8c8ccccc8c7c6)c5)c4)c3)c2)cc1. The third-order valence-corrected chi connectivity index (χ3v) is 12.7. The van der Waals surface area contributed by atoms with Gasteiger partial charge in [0.15, 0.2) is 17.5 Å². The van der Waals surface area contributed by atoms with Crippen molar-refractivity contribution in [3.8, 4) is 89.8 Å². The second-order valence-corrected chi connectivity index (χ2v) is 16.8. The van der Waals surface area contributed by atoms with Gasteiger partial charge in [-0.2, -0.15) is 0 Å². The molecule has 1 heterocycles. The highest BCUT2D eigenvalue weighted by atomic mass is 15.0. The second-order valence-electron chi connectivity index (χ2n) is 16.8. The summed E-state index contributed by atoms with van der Waals surface area (Å²) in [6.45, 7) is 0. The number of fused-ring (bicyclic) bond motifs is 6. The van der Waals surface area contributed by atoms with Gasteiger partial charge in [0.2, 0.25) is 0 Å². The Kier molecular flexibility index (Phi) is 9.85. The summed E-state index contributed by atoms with van der Waals surface area (Å²) in [5.74, 6) is 1.90. The van der Waals surface area contributed by atoms with Crippen molar-refractivity contribution in [1.29, 1.82) is 0 Å². The summed E-state index contributed by atoms with van der Waals surface area (Å²) in [6.07, 6.45) is 0. The lowest BCUT2D eigenvalue weighted by Gasteiger charge is -2.17. The summed E-state index contributed by atoms with van der Waals surface area (Å²) in [5.41, 5.74) is 14.5. The van der Waals surface area contributed by atoms with Gasteiger partial charge in [0, 0.05) is 22.1 Å². The van der Waals surface area contributed by atoms with Gasteiger partial charge in [-0.15, -0.1) is 0 Å². The molecule has 0 saturated heterocycles. The van der Waals surface area contributed by atoms with E-state index in [9.17, 15) is 0 Å². The molecule has 12 rings (SSSR count). The predicted octanol–water partition coefficient (Wildman–Crippen LogP) is 16.7. The van der Waals surface area contributed by atoms with E-state index >= 15 is 0 Å². The maximum atomic E-state index is 5.30. The molecule has 66 heavy (non-hydrogen) atoms. The summed E-state index contributed by atoms with van der Waals surface area (Å²) in [7, 11) is 0. The van der Waals surface area contributed by atoms with Gasteiger partial charge in [-0.3, -0.25) is 0 Å². The van der Waals surface area contributed by atoms with Gasteiger partial charge in [-0.25, -0.2) is 15.0 Å². The number of hydrogen-bond donors (Lipinski definition) is 0. The average Bonchev–Trinajstić information content (AvgIpc) is 3.41. The lowest BCUT2D eigenvalue weighted by Crippen LogP contribution is -2.01. The van der Waals surface area contributed by atoms with Crippen LogP contribution in [0.3, 0.4) is 0 Å². The Labute approximate surface area is 384 Å². The zero-order valence-corrected chi connectivity index (χ0v) is 36.0. The Morgan fingerprint density at radius 3 is 0.924 bits per heavy atom. The number of rotatable bonds is 8. The molecule has 308 valence electrons. The zero-order chi connectivity index (χ0) is 43.8. The van der Waals surface area contributed by atoms with Crippen LogP contribution in [0.5, 0.6) is 0 Å². The molecule has 0 fully saturated rings. The molecule has 3 heteroatoms. The molecule has 0 aliphatic rings. The van der Waals surface area contributed by atoms with Crippen molar-refractivity contribution in [3.05, 3.63) is 249 Å². The minimum absolute atomic E-state index is 0.632. The first-order valence-corrected chi connectivity index (χ1v) is 22.4. The summed E-state index contributed by atoms with van der Waals surface area (Å²) in [5, 5.41) is 7.04. The van der Waals surface area contributed by atoms with Crippen molar-refractivity contribution in [3.63, 3.8) is 0 Å². The van der Waals surface area contributed by atoms with E-state index < -0.39 is 0 Å². The van der Waals surface area contributed by atoms with E-state index in [1.165, 1.54) is 49.5 Å². The molecule has 0 spiro atoms. The molecule has 0 bridgehead atoms. The molecule has 0 aliphatic heterocycles. The fourth-order valence-electron chi connectivity index (χ4n) is 9.45. The highest BCUT2D eigenvalue weighted by Gasteiger charge is 2.20. The highest BCUT2D eigenvalue weighted by molar-refractivity contribution is 6.28. The van der Waals surface area contributed by atoms with E-state index in [-0.39, 0.29) is 0 Å². The maximum Gasteiger partial charge on any atom is 0.164 e. The van der Waals surface area contributed by atoms with Crippen molar-refractivity contribution in [2.45, 2.75) is 0 Å². The Balaban J connectivity index is 1.01. The smallest absolute Gasteiger partial charge is 0.164 e. The first-order chi connectivity index (χ1) is 32.7. The van der Waals surface area contributed by atoms with Gasteiger partial charge in [-0.1, -0.05) is 212 Å². The first-order valence-electron chi connectivity index (χ1n) is 22.4. The first kappa shape index (κ1) is 38.9. The van der Waals surface area contributed by atoms with E-state index in [1.54, 1.807) is 0 Å². The van der Waals surface area contributed by atoms with E-state index in [2.05, 4.69) is 212 Å². The van der Waals surface area contributed by atoms with Crippen molar-refractivity contribution >= 4 is 32.3 Å². The molecule has 11 aromatic carbocycles. The largest absolute Gasteiger partial charge is 0.208 e. The Morgan fingerprint density at radius 1 is 0.182 bits per heavy atom. The maximum absolute atomic E-state index is 5.30. The summed E-state index contributed by atoms with van der Waals surface area (Å²) >= 11 is 0. The number of benzene rings is 11. The van der Waals surface area contributed by atoms with Gasteiger partial charge in [0.1, 0.15) is 0 Å². The molecule has 12 aromatic rings. The topological polar surface area (TPSA) is 38.7 Å². The van der Waals surface area contributed by atoms with Crippen LogP contribution in [0, 0.1) is 0 Å². The molecule has 0 saturated carbocycles. The van der Waals surface area contributed by atoms with Crippen molar-refractivity contribution in [1.82, 2.24) is 15.0 Å². The van der Waals surface area contributed by atoms with Crippen LogP contribution in [0.1, 0.15) is 0 Å². The summed E-state index contributed by atoms with van der Waals surface area (Å²) in [6, 6.07) is 88.6. The van der Waals surface area contributed by atoms with Crippen molar-refractivity contribution in [2.75, 3.05) is 0 Å². The second kappa shape index (κ2) is 16.7. The fourth-order valence-corrected chi connectivity index (χ4v) is 9.45. The van der Waals surface area contributed by atoms with Crippen LogP contribution in [-0.2, 0) is 0 Å². The van der Waals surface area contributed by atoms with Crippen LogP contribution in [0.2, 0.25) is 0 Å². The molecule has 0 amide bonds. The lowest BCUT2D eigenvalue weighted by molar-refractivity contribution is 1.08. The van der Waals surface area contributed by atoms with Crippen LogP contribution in [0.15, 0.2) is 249 Å². The quantitative estimate of drug-likeness (QED) is 0.143. The lowest BCUT2D eigenvalue weighted by atomic mass is 9.88. The number of nitrogens with zero attached hydrogens (tertiary/aromatic N) is 3. The standard InChI is InChI=1S/C63H41N3/c1-4-18-42(19-5-1)45-24-14-25-46(36-45)47-26-15-27-48(37-47)49-28-16-29-50(38-49)51-30-17-31-52(39-51)53-40-58-56-34-11-10-32-54(56)55-33-12-13-35-57(55)60(58)59(41-53)63-65-61(43-20-6-2-7-21-43)64-62(66-63)44-22-8-3-9-23-44/h1-41H. The van der Waals surface area contributed by atoms with Gasteiger partial charge in [0.05, 0.1) is 0 Å². The molecule has 0 aliphatic carbocycles. The van der Waals surface area contributed by atoms with E-state index in [0.717, 1.165) is 55.1 Å². The minimum atomic E-state index is 0.632. The molecular formula is C63H41N3. The molecule has 3 nitrogen and oxygen atoms in total. The van der Waals surface area contributed by atoms with E-state index in [1.807, 2.05) is 36.4 Å². The van der Waals surface area contributed by atoms with Crippen LogP contribution in [0.25, 0.3) is 122 Å². The Hall–Kier alpha value is -8.79. The average molecular weight is 840 g/mol. The zero-order valence-electron chi connectivity index (χ0n) is 36.0. The third-order valence-electron chi connectivity index (χ3n) is 12.7. The van der Waals surface area contributed by atoms with Crippen molar-refractivity contribution < 1.29 is 0 Å². The van der Waals surface area contributed by atoms with Gasteiger partial charge < -0.3 is 0 Å². The van der Waals surface area contributed by atoms with Gasteiger partial charge in [-0.05, 0) is 119 Å². The molecular weight excluding hydrogens is 799 g/mol. The van der Waals surface area contributed by atoms with Crippen LogP contribution in [-0.4, -0.2) is 15.0 Å². The number of aromatic nitrogens is 3.